The molecule has 0 aliphatic rings. The lowest BCUT2D eigenvalue weighted by molar-refractivity contribution is 0.0911. The second-order valence-corrected chi connectivity index (χ2v) is 4.69. The molecule has 2 aromatic rings. The number of hydrogen-bond acceptors (Lipinski definition) is 4. The second-order valence-electron chi connectivity index (χ2n) is 4.69. The fourth-order valence-electron chi connectivity index (χ4n) is 1.94. The van der Waals surface area contributed by atoms with Crippen molar-refractivity contribution in [3.63, 3.8) is 0 Å². The number of benzene rings is 1. The Morgan fingerprint density at radius 3 is 2.83 bits per heavy atom. The SMILES string of the molecule is CCOc1ncccc1C(=O)NC[C@@H](O)c1ccc(F)c(F)c1. The third-order valence-electron chi connectivity index (χ3n) is 3.08. The van der Waals surface area contributed by atoms with E-state index in [0.717, 1.165) is 12.1 Å². The summed E-state index contributed by atoms with van der Waals surface area (Å²) < 4.78 is 31.3. The number of hydrogen-bond donors (Lipinski definition) is 2. The number of aliphatic hydroxyl groups excluding tert-OH is 1. The van der Waals surface area contributed by atoms with Crippen molar-refractivity contribution in [2.45, 2.75) is 13.0 Å². The first-order valence-corrected chi connectivity index (χ1v) is 7.02. The highest BCUT2D eigenvalue weighted by Crippen LogP contribution is 2.17. The van der Waals surface area contributed by atoms with E-state index in [2.05, 4.69) is 10.3 Å². The molecule has 0 bridgehead atoms. The van der Waals surface area contributed by atoms with Crippen LogP contribution in [-0.2, 0) is 0 Å². The standard InChI is InChI=1S/C16H16F2N2O3/c1-2-23-16-11(4-3-7-19-16)15(22)20-9-14(21)10-5-6-12(17)13(18)8-10/h3-8,14,21H,2,9H2,1H3,(H,20,22)/t14-/m1/s1. The summed E-state index contributed by atoms with van der Waals surface area (Å²) in [6, 6.07) is 6.19. The number of aromatic nitrogens is 1. The van der Waals surface area contributed by atoms with E-state index < -0.39 is 23.6 Å². The first-order chi connectivity index (χ1) is 11.0. The fraction of sp³-hybridized carbons (Fsp3) is 0.250. The van der Waals surface area contributed by atoms with Crippen LogP contribution in [0.1, 0.15) is 28.9 Å². The molecule has 0 aliphatic carbocycles. The van der Waals surface area contributed by atoms with Crippen LogP contribution in [0.3, 0.4) is 0 Å². The van der Waals surface area contributed by atoms with Gasteiger partial charge in [0.2, 0.25) is 5.88 Å². The lowest BCUT2D eigenvalue weighted by Gasteiger charge is -2.13. The molecule has 0 spiro atoms. The Morgan fingerprint density at radius 2 is 2.13 bits per heavy atom. The Morgan fingerprint density at radius 1 is 1.35 bits per heavy atom. The van der Waals surface area contributed by atoms with Gasteiger partial charge in [0, 0.05) is 12.7 Å². The highest BCUT2D eigenvalue weighted by molar-refractivity contribution is 5.96. The number of nitrogens with one attached hydrogen (secondary N) is 1. The molecule has 1 amide bonds. The number of halogens is 2. The van der Waals surface area contributed by atoms with E-state index in [9.17, 15) is 18.7 Å². The molecule has 2 N–H and O–H groups in total. The molecule has 1 atom stereocenters. The number of amides is 1. The molecule has 0 fully saturated rings. The van der Waals surface area contributed by atoms with Crippen LogP contribution in [-0.4, -0.2) is 29.1 Å². The van der Waals surface area contributed by atoms with Crippen LogP contribution in [0.4, 0.5) is 8.78 Å². The molecular formula is C16H16F2N2O3. The maximum absolute atomic E-state index is 13.1. The van der Waals surface area contributed by atoms with Gasteiger partial charge in [-0.25, -0.2) is 13.8 Å². The molecule has 2 rings (SSSR count). The van der Waals surface area contributed by atoms with E-state index in [-0.39, 0.29) is 23.6 Å². The van der Waals surface area contributed by atoms with Gasteiger partial charge < -0.3 is 15.2 Å². The van der Waals surface area contributed by atoms with Crippen LogP contribution in [0.25, 0.3) is 0 Å². The number of rotatable bonds is 6. The minimum atomic E-state index is -1.17. The molecule has 122 valence electrons. The van der Waals surface area contributed by atoms with Crippen molar-refractivity contribution in [3.05, 3.63) is 59.3 Å². The van der Waals surface area contributed by atoms with Crippen molar-refractivity contribution >= 4 is 5.91 Å². The van der Waals surface area contributed by atoms with Crippen LogP contribution in [0.2, 0.25) is 0 Å². The second kappa shape index (κ2) is 7.64. The van der Waals surface area contributed by atoms with Crippen molar-refractivity contribution in [2.75, 3.05) is 13.2 Å². The van der Waals surface area contributed by atoms with Gasteiger partial charge in [0.1, 0.15) is 5.56 Å². The molecular weight excluding hydrogens is 306 g/mol. The number of pyridine rings is 1. The summed E-state index contributed by atoms with van der Waals surface area (Å²) in [7, 11) is 0. The van der Waals surface area contributed by atoms with E-state index in [1.165, 1.54) is 18.3 Å². The number of aliphatic hydroxyl groups is 1. The quantitative estimate of drug-likeness (QED) is 0.855. The van der Waals surface area contributed by atoms with Gasteiger partial charge in [0.05, 0.1) is 12.7 Å². The zero-order valence-electron chi connectivity index (χ0n) is 12.4. The highest BCUT2D eigenvalue weighted by atomic mass is 19.2. The summed E-state index contributed by atoms with van der Waals surface area (Å²) >= 11 is 0. The average molecular weight is 322 g/mol. The van der Waals surface area contributed by atoms with E-state index in [4.69, 9.17) is 4.74 Å². The normalized spacial score (nSPS) is 11.8. The van der Waals surface area contributed by atoms with Gasteiger partial charge in [-0.2, -0.15) is 0 Å². The topological polar surface area (TPSA) is 71.5 Å². The third-order valence-corrected chi connectivity index (χ3v) is 3.08. The van der Waals surface area contributed by atoms with Crippen molar-refractivity contribution in [1.29, 1.82) is 0 Å². The Kier molecular flexibility index (Phi) is 5.59. The lowest BCUT2D eigenvalue weighted by atomic mass is 10.1. The molecule has 7 heteroatoms. The highest BCUT2D eigenvalue weighted by Gasteiger charge is 2.16. The molecule has 0 radical (unpaired) electrons. The maximum atomic E-state index is 13.1. The summed E-state index contributed by atoms with van der Waals surface area (Å²) in [6.45, 7) is 1.96. The van der Waals surface area contributed by atoms with Crippen LogP contribution in [0.15, 0.2) is 36.5 Å². The van der Waals surface area contributed by atoms with Gasteiger partial charge in [-0.1, -0.05) is 6.07 Å². The van der Waals surface area contributed by atoms with Crippen molar-refractivity contribution in [3.8, 4) is 5.88 Å². The average Bonchev–Trinajstić information content (AvgIpc) is 2.55. The summed E-state index contributed by atoms with van der Waals surface area (Å²) in [5, 5.41) is 12.5. The molecule has 0 saturated carbocycles. The minimum Gasteiger partial charge on any atom is -0.477 e. The summed E-state index contributed by atoms with van der Waals surface area (Å²) in [4.78, 5) is 16.1. The fourth-order valence-corrected chi connectivity index (χ4v) is 1.94. The Hall–Kier alpha value is -2.54. The van der Waals surface area contributed by atoms with Gasteiger partial charge in [-0.15, -0.1) is 0 Å². The van der Waals surface area contributed by atoms with Crippen LogP contribution in [0.5, 0.6) is 5.88 Å². The first-order valence-electron chi connectivity index (χ1n) is 7.02. The van der Waals surface area contributed by atoms with Crippen LogP contribution < -0.4 is 10.1 Å². The largest absolute Gasteiger partial charge is 0.477 e. The molecule has 0 saturated heterocycles. The van der Waals surface area contributed by atoms with Crippen LogP contribution in [0, 0.1) is 11.6 Å². The Balaban J connectivity index is 2.02. The first kappa shape index (κ1) is 16.8. The predicted molar refractivity (Wildman–Crippen MR) is 79.1 cm³/mol. The summed E-state index contributed by atoms with van der Waals surface area (Å²) in [5.41, 5.74) is 0.396. The van der Waals surface area contributed by atoms with E-state index in [0.29, 0.717) is 6.61 Å². The van der Waals surface area contributed by atoms with Crippen molar-refractivity contribution in [2.24, 2.45) is 0 Å². The lowest BCUT2D eigenvalue weighted by Crippen LogP contribution is -2.29. The zero-order chi connectivity index (χ0) is 16.8. The number of ether oxygens (including phenoxy) is 1. The molecule has 1 heterocycles. The van der Waals surface area contributed by atoms with Crippen LogP contribution >= 0.6 is 0 Å². The van der Waals surface area contributed by atoms with Gasteiger partial charge in [0.15, 0.2) is 11.6 Å². The molecule has 5 nitrogen and oxygen atoms in total. The zero-order valence-corrected chi connectivity index (χ0v) is 12.4. The molecule has 1 aromatic carbocycles. The minimum absolute atomic E-state index is 0.162. The number of nitrogens with zero attached hydrogens (tertiary/aromatic N) is 1. The monoisotopic (exact) mass is 322 g/mol. The van der Waals surface area contributed by atoms with Gasteiger partial charge in [-0.05, 0) is 36.8 Å². The molecule has 1 aromatic heterocycles. The van der Waals surface area contributed by atoms with E-state index >= 15 is 0 Å². The van der Waals surface area contributed by atoms with Crippen molar-refractivity contribution < 1.29 is 23.4 Å². The number of carbonyl (C=O) groups is 1. The predicted octanol–water partition coefficient (Wildman–Crippen LogP) is 2.22. The Labute approximate surface area is 131 Å². The molecule has 23 heavy (non-hydrogen) atoms. The van der Waals surface area contributed by atoms with Gasteiger partial charge >= 0.3 is 0 Å². The van der Waals surface area contributed by atoms with Gasteiger partial charge in [-0.3, -0.25) is 4.79 Å². The summed E-state index contributed by atoms with van der Waals surface area (Å²) in [6.07, 6.45) is 0.332. The smallest absolute Gasteiger partial charge is 0.256 e. The molecule has 0 aliphatic heterocycles. The van der Waals surface area contributed by atoms with E-state index in [1.54, 1.807) is 13.0 Å². The van der Waals surface area contributed by atoms with Crippen molar-refractivity contribution in [1.82, 2.24) is 10.3 Å². The number of carbonyl (C=O) groups excluding carboxylic acids is 1. The third kappa shape index (κ3) is 4.23. The maximum Gasteiger partial charge on any atom is 0.256 e. The Bertz CT molecular complexity index is 695. The summed E-state index contributed by atoms with van der Waals surface area (Å²) in [5.74, 6) is -2.35. The van der Waals surface area contributed by atoms with E-state index in [1.807, 2.05) is 0 Å². The van der Waals surface area contributed by atoms with Gasteiger partial charge in [0.25, 0.3) is 5.91 Å². The molecule has 0 unspecified atom stereocenters.